The van der Waals surface area contributed by atoms with Crippen molar-refractivity contribution < 1.29 is 0 Å². The molecule has 12 aliphatic rings. The van der Waals surface area contributed by atoms with Crippen LogP contribution in [0.1, 0.15) is 109 Å². The van der Waals surface area contributed by atoms with E-state index in [4.69, 9.17) is 0 Å². The van der Waals surface area contributed by atoms with Crippen molar-refractivity contribution in [3.63, 3.8) is 0 Å². The largest absolute Gasteiger partial charge is 0.0842 e. The lowest BCUT2D eigenvalue weighted by molar-refractivity contribution is -0.109. The smallest absolute Gasteiger partial charge is 0.00269 e. The molecule has 0 heteroatoms. The van der Waals surface area contributed by atoms with Crippen LogP contribution in [0, 0.1) is 88.8 Å². The minimum absolute atomic E-state index is 0.595. The Hall–Kier alpha value is -2.86. The van der Waals surface area contributed by atoms with Crippen molar-refractivity contribution in [1.29, 1.82) is 0 Å². The molecule has 15 unspecified atom stereocenters. The Kier molecular flexibility index (Phi) is 8.25. The summed E-state index contributed by atoms with van der Waals surface area (Å²) >= 11 is 0. The highest BCUT2D eigenvalue weighted by Crippen LogP contribution is 2.71. The van der Waals surface area contributed by atoms with Crippen LogP contribution >= 0.6 is 0 Å². The number of hydrogen-bond donors (Lipinski definition) is 0. The molecule has 0 radical (unpaired) electrons. The molecule has 12 rings (SSSR count). The second-order valence-corrected chi connectivity index (χ2v) is 20.5. The summed E-state index contributed by atoms with van der Waals surface area (Å²) in [5.41, 5.74) is 11.9. The molecule has 0 nitrogen and oxygen atoms in total. The second kappa shape index (κ2) is 13.4. The first-order chi connectivity index (χ1) is 26.8. The predicted molar refractivity (Wildman–Crippen MR) is 224 cm³/mol. The van der Waals surface area contributed by atoms with Crippen molar-refractivity contribution in [2.75, 3.05) is 0 Å². The van der Waals surface area contributed by atoms with Gasteiger partial charge in [-0.3, -0.25) is 0 Å². The minimum atomic E-state index is 0.595. The fourth-order valence-electron chi connectivity index (χ4n) is 16.9. The normalized spacial score (nSPS) is 46.7. The molecule has 12 aliphatic carbocycles. The summed E-state index contributed by atoms with van der Waals surface area (Å²) in [6, 6.07) is 0. The quantitative estimate of drug-likeness (QED) is 0.272. The monoisotopic (exact) mass is 713 g/mol. The number of fused-ring (bicyclic) bond motifs is 5. The average molecular weight is 713 g/mol. The van der Waals surface area contributed by atoms with Gasteiger partial charge in [-0.1, -0.05) is 110 Å². The highest BCUT2D eigenvalue weighted by molar-refractivity contribution is 5.65. The number of rotatable bonds is 4. The lowest BCUT2D eigenvalue weighted by Crippen LogP contribution is -2.53. The van der Waals surface area contributed by atoms with Crippen LogP contribution in [0.2, 0.25) is 0 Å². The molecule has 0 N–H and O–H groups in total. The zero-order valence-corrected chi connectivity index (χ0v) is 32.8. The third-order valence-corrected chi connectivity index (χ3v) is 18.5. The first kappa shape index (κ1) is 33.3. The molecule has 280 valence electrons. The SMILES string of the molecule is C1=CCCC(C2=CC3=C(C4=CCCC=C4)C4=CC5C(CC4C(C4=CCCC=C4)C3CC2C2C=CC=CC2)C2CCC3CCC4CCCC6CC5C2C3C46)=C1. The Bertz CT molecular complexity index is 1900. The zero-order valence-electron chi connectivity index (χ0n) is 32.8. The predicted octanol–water partition coefficient (Wildman–Crippen LogP) is 13.7. The average Bonchev–Trinajstić information content (AvgIpc) is 3.55. The summed E-state index contributed by atoms with van der Waals surface area (Å²) in [6.07, 6.45) is 62.2. The maximum absolute atomic E-state index is 3.08. The molecule has 0 heterocycles. The Labute approximate surface area is 326 Å². The van der Waals surface area contributed by atoms with Crippen LogP contribution in [0.3, 0.4) is 0 Å². The molecular formula is C54H64. The van der Waals surface area contributed by atoms with Gasteiger partial charge in [0.25, 0.3) is 0 Å². The van der Waals surface area contributed by atoms with Crippen LogP contribution < -0.4 is 0 Å². The van der Waals surface area contributed by atoms with Crippen LogP contribution in [-0.2, 0) is 0 Å². The summed E-state index contributed by atoms with van der Waals surface area (Å²) in [4.78, 5) is 0. The first-order valence-corrected chi connectivity index (χ1v) is 23.4. The standard InChI is InChI=1S/C54H64/c1-5-14-33(15-6-1)41-29-46-47(30-42(41)34-16-7-2-8-17-34)52(36-20-11-4-12-21-36)49-32-44-43(31-48(49)51(46)35-18-9-3-10-19-35)40-27-26-38-25-24-37-22-13-23-39-28-45(44)54(40)53(38)50(37)39/h1-2,5-7,9,11,14,16,18-21,30,32-33,37-41,43-46,48,50-51,53-54H,3-4,8,10,12-13,15,17,22-29,31H2. The maximum Gasteiger partial charge on any atom is -0.00269 e. The summed E-state index contributed by atoms with van der Waals surface area (Å²) in [5.74, 6) is 13.1. The van der Waals surface area contributed by atoms with Crippen molar-refractivity contribution >= 4 is 0 Å². The Balaban J connectivity index is 1.05. The summed E-state index contributed by atoms with van der Waals surface area (Å²) in [6.45, 7) is 0. The van der Waals surface area contributed by atoms with Gasteiger partial charge in [0.05, 0.1) is 0 Å². The topological polar surface area (TPSA) is 0 Å². The Morgan fingerprint density at radius 2 is 1.44 bits per heavy atom. The second-order valence-electron chi connectivity index (χ2n) is 20.5. The number of hydrogen-bond acceptors (Lipinski definition) is 0. The van der Waals surface area contributed by atoms with Gasteiger partial charge in [0.15, 0.2) is 0 Å². The highest BCUT2D eigenvalue weighted by Gasteiger charge is 2.64. The zero-order chi connectivity index (χ0) is 35.3. The molecule has 0 aromatic heterocycles. The maximum atomic E-state index is 3.08. The van der Waals surface area contributed by atoms with E-state index in [-0.39, 0.29) is 0 Å². The van der Waals surface area contributed by atoms with Crippen molar-refractivity contribution in [3.8, 4) is 0 Å². The molecule has 15 atom stereocenters. The van der Waals surface area contributed by atoms with Gasteiger partial charge in [-0.2, -0.15) is 0 Å². The molecule has 5 saturated carbocycles. The third-order valence-electron chi connectivity index (χ3n) is 18.5. The lowest BCUT2D eigenvalue weighted by Gasteiger charge is -2.60. The Morgan fingerprint density at radius 3 is 2.26 bits per heavy atom. The Morgan fingerprint density at radius 1 is 0.574 bits per heavy atom. The van der Waals surface area contributed by atoms with Gasteiger partial charge < -0.3 is 0 Å². The van der Waals surface area contributed by atoms with Gasteiger partial charge in [-0.25, -0.2) is 0 Å². The fourth-order valence-corrected chi connectivity index (χ4v) is 16.9. The van der Waals surface area contributed by atoms with Gasteiger partial charge in [-0.05, 0) is 218 Å². The summed E-state index contributed by atoms with van der Waals surface area (Å²) < 4.78 is 0. The van der Waals surface area contributed by atoms with Gasteiger partial charge in [0.1, 0.15) is 0 Å². The van der Waals surface area contributed by atoms with Crippen molar-refractivity contribution in [2.24, 2.45) is 88.8 Å². The van der Waals surface area contributed by atoms with Crippen molar-refractivity contribution in [2.45, 2.75) is 109 Å². The molecule has 0 aliphatic heterocycles. The van der Waals surface area contributed by atoms with Gasteiger partial charge in [0.2, 0.25) is 0 Å². The van der Waals surface area contributed by atoms with Crippen LogP contribution in [0.25, 0.3) is 0 Å². The van der Waals surface area contributed by atoms with E-state index in [1.807, 2.05) is 5.57 Å². The highest BCUT2D eigenvalue weighted by atomic mass is 14.7. The van der Waals surface area contributed by atoms with Crippen LogP contribution in [-0.4, -0.2) is 0 Å². The molecule has 0 spiro atoms. The van der Waals surface area contributed by atoms with Gasteiger partial charge in [-0.15, -0.1) is 0 Å². The van der Waals surface area contributed by atoms with Crippen molar-refractivity contribution in [1.82, 2.24) is 0 Å². The van der Waals surface area contributed by atoms with E-state index in [1.165, 1.54) is 64.2 Å². The van der Waals surface area contributed by atoms with E-state index in [0.717, 1.165) is 59.2 Å². The molecule has 54 heavy (non-hydrogen) atoms. The van der Waals surface area contributed by atoms with Crippen LogP contribution in [0.4, 0.5) is 0 Å². The molecule has 5 fully saturated rings. The van der Waals surface area contributed by atoms with E-state index in [9.17, 15) is 0 Å². The van der Waals surface area contributed by atoms with E-state index in [1.54, 1.807) is 78.4 Å². The summed E-state index contributed by atoms with van der Waals surface area (Å²) in [7, 11) is 0. The van der Waals surface area contributed by atoms with Gasteiger partial charge in [0, 0.05) is 0 Å². The third kappa shape index (κ3) is 5.12. The lowest BCUT2D eigenvalue weighted by atomic mass is 9.45. The van der Waals surface area contributed by atoms with Crippen LogP contribution in [0.5, 0.6) is 0 Å². The molecule has 0 amide bonds. The first-order valence-electron chi connectivity index (χ1n) is 23.4. The van der Waals surface area contributed by atoms with Crippen molar-refractivity contribution in [3.05, 3.63) is 130 Å². The minimum Gasteiger partial charge on any atom is -0.0842 e. The van der Waals surface area contributed by atoms with E-state index in [0.29, 0.717) is 29.6 Å². The molecular weight excluding hydrogens is 649 g/mol. The van der Waals surface area contributed by atoms with E-state index >= 15 is 0 Å². The van der Waals surface area contributed by atoms with E-state index in [2.05, 4.69) is 91.1 Å². The van der Waals surface area contributed by atoms with Crippen LogP contribution in [0.15, 0.2) is 130 Å². The number of allylic oxidation sites excluding steroid dienone is 22. The summed E-state index contributed by atoms with van der Waals surface area (Å²) in [5, 5.41) is 0. The molecule has 0 aromatic rings. The van der Waals surface area contributed by atoms with Gasteiger partial charge >= 0.3 is 0 Å². The molecule has 0 bridgehead atoms. The molecule has 0 saturated heterocycles. The fraction of sp³-hybridized carbons (Fsp3) is 0.593. The van der Waals surface area contributed by atoms with E-state index < -0.39 is 0 Å². The molecule has 0 aromatic carbocycles.